The Labute approximate surface area is 140 Å². The predicted molar refractivity (Wildman–Crippen MR) is 57.1 cm³/mol. The van der Waals surface area contributed by atoms with Crippen LogP contribution in [0.4, 0.5) is 0 Å². The first-order chi connectivity index (χ1) is 7.75. The molecule has 0 spiro atoms. The zero-order valence-corrected chi connectivity index (χ0v) is 9.99. The van der Waals surface area contributed by atoms with Crippen LogP contribution in [0, 0.1) is 0 Å². The van der Waals surface area contributed by atoms with Gasteiger partial charge in [-0.15, -0.1) is 0 Å². The number of aliphatic carboxylic acids is 3. The topological polar surface area (TPSA) is 164 Å². The Kier molecular flexibility index (Phi) is 13.8. The molecule has 0 aliphatic carbocycles. The fraction of sp³-hybridized carbons (Fsp3) is 0.500. The van der Waals surface area contributed by atoms with Crippen molar-refractivity contribution in [2.75, 3.05) is 0 Å². The summed E-state index contributed by atoms with van der Waals surface area (Å²) in [5, 5.41) is 25.1. The number of hydrogen-bond acceptors (Lipinski definition) is 6. The van der Waals surface area contributed by atoms with Crippen molar-refractivity contribution in [3.8, 4) is 0 Å². The Morgan fingerprint density at radius 1 is 1.05 bits per heavy atom. The fourth-order valence-electron chi connectivity index (χ4n) is 0.807. The second-order valence-electron chi connectivity index (χ2n) is 3.03. The summed E-state index contributed by atoms with van der Waals surface area (Å²) < 4.78 is 4.11. The normalized spacial score (nSPS) is 10.6. The molecule has 0 aromatic heterocycles. The van der Waals surface area contributed by atoms with Crippen molar-refractivity contribution in [3.63, 3.8) is 0 Å². The molecule has 0 saturated carbocycles. The van der Waals surface area contributed by atoms with Gasteiger partial charge in [0.2, 0.25) is 0 Å². The Bertz CT molecular complexity index is 336. The van der Waals surface area contributed by atoms with Crippen molar-refractivity contribution in [3.05, 3.63) is 0 Å². The molecule has 11 heteroatoms. The molecule has 0 bridgehead atoms. The van der Waals surface area contributed by atoms with E-state index in [1.54, 1.807) is 0 Å². The number of carboxylic acid groups (broad SMARTS) is 3. The van der Waals surface area contributed by atoms with E-state index in [1.165, 1.54) is 0 Å². The van der Waals surface area contributed by atoms with Crippen LogP contribution in [0.3, 0.4) is 0 Å². The third kappa shape index (κ3) is 9.88. The maximum atomic E-state index is 11.1. The van der Waals surface area contributed by atoms with Crippen LogP contribution in [0.15, 0.2) is 0 Å². The molecular weight excluding hydrogens is 317 g/mol. The summed E-state index contributed by atoms with van der Waals surface area (Å²) in [6.07, 6.45) is -3.04. The van der Waals surface area contributed by atoms with Crippen molar-refractivity contribution in [2.24, 2.45) is 5.73 Å². The van der Waals surface area contributed by atoms with E-state index in [9.17, 15) is 19.2 Å². The molecule has 1 atom stereocenters. The summed E-state index contributed by atoms with van der Waals surface area (Å²) in [7, 11) is 0. The molecule has 0 aliphatic rings. The van der Waals surface area contributed by atoms with Crippen LogP contribution >= 0.6 is 0 Å². The Balaban J connectivity index is -0.00000128. The van der Waals surface area contributed by atoms with Gasteiger partial charge in [-0.05, 0) is 6.42 Å². The minimum atomic E-state index is -2.35. The van der Waals surface area contributed by atoms with Crippen LogP contribution in [0.5, 0.6) is 0 Å². The summed E-state index contributed by atoms with van der Waals surface area (Å²) >= 11 is 0. The molecule has 106 valence electrons. The maximum absolute atomic E-state index is 11.1. The summed E-state index contributed by atoms with van der Waals surface area (Å²) in [5.74, 6) is -6.17. The van der Waals surface area contributed by atoms with Crippen molar-refractivity contribution in [2.45, 2.75) is 25.0 Å². The second-order valence-corrected chi connectivity index (χ2v) is 3.03. The fourth-order valence-corrected chi connectivity index (χ4v) is 0.807. The number of esters is 1. The van der Waals surface area contributed by atoms with Gasteiger partial charge < -0.3 is 25.8 Å². The SMILES string of the molecule is NC(CCC(=O)O)C(=O)OC(C(=O)O)C(=O)O.[Fe].[NaH]. The van der Waals surface area contributed by atoms with Crippen LogP contribution in [-0.4, -0.2) is 80.9 Å². The van der Waals surface area contributed by atoms with Crippen molar-refractivity contribution in [1.82, 2.24) is 0 Å². The number of carbonyl (C=O) groups excluding carboxylic acids is 1. The molecule has 0 amide bonds. The second kappa shape index (κ2) is 11.2. The van der Waals surface area contributed by atoms with Gasteiger partial charge >= 0.3 is 53.4 Å². The number of hydrogen-bond donors (Lipinski definition) is 4. The average molecular weight is 329 g/mol. The monoisotopic (exact) mass is 329 g/mol. The van der Waals surface area contributed by atoms with Crippen molar-refractivity contribution >= 4 is 53.4 Å². The van der Waals surface area contributed by atoms with E-state index >= 15 is 0 Å². The van der Waals surface area contributed by atoms with Gasteiger partial charge in [0, 0.05) is 23.5 Å². The van der Waals surface area contributed by atoms with E-state index in [-0.39, 0.29) is 53.0 Å². The summed E-state index contributed by atoms with van der Waals surface area (Å²) in [5.41, 5.74) is 5.19. The van der Waals surface area contributed by atoms with E-state index in [2.05, 4.69) is 4.74 Å². The number of carbonyl (C=O) groups is 4. The summed E-state index contributed by atoms with van der Waals surface area (Å²) in [6.45, 7) is 0. The molecule has 0 aromatic carbocycles. The predicted octanol–water partition coefficient (Wildman–Crippen LogP) is -2.39. The zero-order chi connectivity index (χ0) is 13.6. The number of rotatable bonds is 7. The molecule has 0 heterocycles. The molecule has 0 aromatic rings. The third-order valence-electron chi connectivity index (χ3n) is 1.65. The van der Waals surface area contributed by atoms with Crippen LogP contribution in [0.2, 0.25) is 0 Å². The van der Waals surface area contributed by atoms with Crippen LogP contribution in [0.1, 0.15) is 12.8 Å². The Hall–Kier alpha value is -0.641. The van der Waals surface area contributed by atoms with Gasteiger partial charge in [0.15, 0.2) is 0 Å². The zero-order valence-electron chi connectivity index (χ0n) is 8.88. The third-order valence-corrected chi connectivity index (χ3v) is 1.65. The van der Waals surface area contributed by atoms with Crippen molar-refractivity contribution < 1.29 is 56.3 Å². The first-order valence-corrected chi connectivity index (χ1v) is 4.39. The van der Waals surface area contributed by atoms with Gasteiger partial charge in [-0.25, -0.2) is 9.59 Å². The molecular formula is C8H12FeNNaO8. The molecule has 1 unspecified atom stereocenters. The molecule has 19 heavy (non-hydrogen) atoms. The molecule has 0 radical (unpaired) electrons. The molecule has 0 aliphatic heterocycles. The quantitative estimate of drug-likeness (QED) is 0.226. The first kappa shape index (κ1) is 23.5. The van der Waals surface area contributed by atoms with Gasteiger partial charge in [0.05, 0.1) is 0 Å². The van der Waals surface area contributed by atoms with Gasteiger partial charge in [0.25, 0.3) is 6.10 Å². The van der Waals surface area contributed by atoms with E-state index < -0.39 is 42.4 Å². The van der Waals surface area contributed by atoms with Gasteiger partial charge in [-0.3, -0.25) is 9.59 Å². The van der Waals surface area contributed by atoms with Crippen LogP contribution in [-0.2, 0) is 41.0 Å². The van der Waals surface area contributed by atoms with Gasteiger partial charge in [0.1, 0.15) is 6.04 Å². The first-order valence-electron chi connectivity index (χ1n) is 4.39. The van der Waals surface area contributed by atoms with Crippen LogP contribution < -0.4 is 5.73 Å². The molecule has 0 fully saturated rings. The molecule has 0 rings (SSSR count). The summed E-state index contributed by atoms with van der Waals surface area (Å²) in [6, 6.07) is -1.38. The van der Waals surface area contributed by atoms with E-state index in [1.807, 2.05) is 0 Å². The van der Waals surface area contributed by atoms with E-state index in [0.29, 0.717) is 0 Å². The Morgan fingerprint density at radius 3 is 1.79 bits per heavy atom. The number of nitrogens with two attached hydrogens (primary N) is 1. The minimum absolute atomic E-state index is 0. The number of carboxylic acids is 3. The Morgan fingerprint density at radius 2 is 1.47 bits per heavy atom. The van der Waals surface area contributed by atoms with E-state index in [0.717, 1.165) is 0 Å². The van der Waals surface area contributed by atoms with Crippen molar-refractivity contribution in [1.29, 1.82) is 0 Å². The molecule has 0 saturated heterocycles. The van der Waals surface area contributed by atoms with E-state index in [4.69, 9.17) is 21.1 Å². The van der Waals surface area contributed by atoms with Crippen LogP contribution in [0.25, 0.3) is 0 Å². The van der Waals surface area contributed by atoms with Gasteiger partial charge in [-0.2, -0.15) is 0 Å². The summed E-state index contributed by atoms with van der Waals surface area (Å²) in [4.78, 5) is 42.0. The average Bonchev–Trinajstić information content (AvgIpc) is 2.20. The standard InChI is InChI=1S/C8H11NO8.Fe.Na.H/c9-3(1-2-4(10)11)8(16)17-5(6(12)13)7(14)15;;;/h3,5H,1-2,9H2,(H,10,11)(H,12,13)(H,14,15);;;. The molecule has 9 nitrogen and oxygen atoms in total. The number of ether oxygens (including phenoxy) is 1. The van der Waals surface area contributed by atoms with Gasteiger partial charge in [-0.1, -0.05) is 0 Å². The molecule has 5 N–H and O–H groups in total.